The lowest BCUT2D eigenvalue weighted by Crippen LogP contribution is -2.59. The summed E-state index contributed by atoms with van der Waals surface area (Å²) in [5.41, 5.74) is 0.155. The van der Waals surface area contributed by atoms with E-state index in [-0.39, 0.29) is 54.2 Å². The van der Waals surface area contributed by atoms with Crippen LogP contribution in [0.4, 0.5) is 39.4 Å². The van der Waals surface area contributed by atoms with Gasteiger partial charge in [0.2, 0.25) is 11.7 Å². The van der Waals surface area contributed by atoms with Gasteiger partial charge in [-0.2, -0.15) is 18.3 Å². The zero-order chi connectivity index (χ0) is 40.1. The number of nitrogens with zero attached hydrogens (tertiary/aromatic N) is 9. The summed E-state index contributed by atoms with van der Waals surface area (Å²) in [6, 6.07) is 6.24. The van der Waals surface area contributed by atoms with Gasteiger partial charge in [-0.1, -0.05) is 5.16 Å². The number of hydrogen-bond donors (Lipinski definition) is 3. The van der Waals surface area contributed by atoms with Crippen molar-refractivity contribution in [2.75, 3.05) is 60.5 Å². The zero-order valence-electron chi connectivity index (χ0n) is 31.4. The number of H-pyrrole nitrogens is 1. The van der Waals surface area contributed by atoms with Crippen LogP contribution in [0.15, 0.2) is 41.2 Å². The minimum atomic E-state index is -4.55. The SMILES string of the molecule is CC(C)(c1n[nH]c(CNC(=O)c2cc(-c3ncc(N4CCC5(CC4)CC(N4CCN(c6ccc(N7CCC(=O)NC7=O)c(F)c6)CC4)C5)cn3)no2)n1)C(F)(F)F. The number of anilines is 3. The van der Waals surface area contributed by atoms with Crippen molar-refractivity contribution >= 4 is 34.9 Å². The molecule has 4 fully saturated rings. The number of alkyl halides is 3. The molecule has 4 aromatic rings. The molecule has 0 unspecified atom stereocenters. The molecule has 3 N–H and O–H groups in total. The van der Waals surface area contributed by atoms with Crippen molar-refractivity contribution in [3.63, 3.8) is 0 Å². The minimum absolute atomic E-state index is 0.0537. The van der Waals surface area contributed by atoms with Gasteiger partial charge in [0.1, 0.15) is 17.1 Å². The van der Waals surface area contributed by atoms with E-state index in [0.29, 0.717) is 11.5 Å². The molecule has 0 radical (unpaired) electrons. The first-order valence-electron chi connectivity index (χ1n) is 18.9. The number of carbonyl (C=O) groups is 3. The Labute approximate surface area is 324 Å². The van der Waals surface area contributed by atoms with E-state index in [1.165, 1.54) is 17.0 Å². The summed E-state index contributed by atoms with van der Waals surface area (Å²) in [4.78, 5) is 57.4. The number of urea groups is 1. The molecule has 0 atom stereocenters. The van der Waals surface area contributed by atoms with Gasteiger partial charge < -0.3 is 19.6 Å². The summed E-state index contributed by atoms with van der Waals surface area (Å²) in [7, 11) is 0. The van der Waals surface area contributed by atoms with Crippen molar-refractivity contribution in [3.05, 3.63) is 59.9 Å². The zero-order valence-corrected chi connectivity index (χ0v) is 31.4. The smallest absolute Gasteiger partial charge is 0.369 e. The number of rotatable bonds is 9. The monoisotopic (exact) mass is 794 g/mol. The molecule has 20 heteroatoms. The molecule has 6 heterocycles. The molecule has 0 bridgehead atoms. The molecular formula is C37H42F4N12O4. The first kappa shape index (κ1) is 38.2. The Bertz CT molecular complexity index is 2130. The van der Waals surface area contributed by atoms with Crippen molar-refractivity contribution in [2.45, 2.75) is 70.1 Å². The maximum absolute atomic E-state index is 15.1. The van der Waals surface area contributed by atoms with E-state index in [4.69, 9.17) is 4.52 Å². The van der Waals surface area contributed by atoms with Crippen LogP contribution in [0.3, 0.4) is 0 Å². The molecule has 1 spiro atoms. The second kappa shape index (κ2) is 14.7. The molecular weight excluding hydrogens is 752 g/mol. The Morgan fingerprint density at radius 3 is 2.33 bits per heavy atom. The summed E-state index contributed by atoms with van der Waals surface area (Å²) in [5.74, 6) is -1.71. The Hall–Kier alpha value is -5.66. The lowest BCUT2D eigenvalue weighted by atomic mass is 9.60. The summed E-state index contributed by atoms with van der Waals surface area (Å²) >= 11 is 0. The van der Waals surface area contributed by atoms with Crippen LogP contribution in [0.25, 0.3) is 11.5 Å². The number of halogens is 4. The van der Waals surface area contributed by atoms with E-state index >= 15 is 4.39 Å². The molecule has 8 rings (SSSR count). The molecule has 4 aliphatic rings. The third-order valence-corrected chi connectivity index (χ3v) is 11.8. The maximum Gasteiger partial charge on any atom is 0.401 e. The van der Waals surface area contributed by atoms with Gasteiger partial charge in [0, 0.05) is 70.0 Å². The van der Waals surface area contributed by atoms with E-state index in [1.54, 1.807) is 18.5 Å². The summed E-state index contributed by atoms with van der Waals surface area (Å²) < 4.78 is 60.2. The Morgan fingerprint density at radius 1 is 0.965 bits per heavy atom. The molecule has 57 heavy (non-hydrogen) atoms. The minimum Gasteiger partial charge on any atom is -0.369 e. The van der Waals surface area contributed by atoms with Crippen molar-refractivity contribution in [2.24, 2.45) is 5.41 Å². The number of piperidine rings is 1. The van der Waals surface area contributed by atoms with E-state index in [0.717, 1.165) is 90.2 Å². The molecule has 3 aromatic heterocycles. The standard InChI is InChI=1S/C37H42F4N12O4/c1-35(2,37(39,40)41)33-45-29(47-48-33)21-44-32(55)28-16-26(49-57-28)31-42-19-24(20-43-31)50-9-6-36(7-10-50)17-23(18-36)52-13-11-51(12-14-52)22-3-4-27(25(38)15-22)53-8-5-30(54)46-34(53)56/h3-4,15-16,19-20,23H,5-14,17-18,21H2,1-2H3,(H,44,55)(H,45,47,48)(H,46,54,56). The fourth-order valence-corrected chi connectivity index (χ4v) is 8.03. The number of piperazine rings is 1. The van der Waals surface area contributed by atoms with E-state index < -0.39 is 35.2 Å². The number of imide groups is 1. The predicted molar refractivity (Wildman–Crippen MR) is 197 cm³/mol. The Kier molecular flexibility index (Phi) is 9.85. The van der Waals surface area contributed by atoms with Crippen LogP contribution in [-0.4, -0.2) is 111 Å². The number of aromatic amines is 1. The molecule has 4 amide bonds. The first-order chi connectivity index (χ1) is 27.2. The first-order valence-corrected chi connectivity index (χ1v) is 18.9. The lowest BCUT2D eigenvalue weighted by Gasteiger charge is -2.56. The van der Waals surface area contributed by atoms with Crippen molar-refractivity contribution < 1.29 is 36.5 Å². The van der Waals surface area contributed by atoms with E-state index in [1.807, 2.05) is 6.07 Å². The van der Waals surface area contributed by atoms with Crippen LogP contribution in [0.2, 0.25) is 0 Å². The van der Waals surface area contributed by atoms with Gasteiger partial charge in [-0.3, -0.25) is 29.8 Å². The number of hydrogen-bond acceptors (Lipinski definition) is 12. The quantitative estimate of drug-likeness (QED) is 0.206. The lowest BCUT2D eigenvalue weighted by molar-refractivity contribution is -0.182. The van der Waals surface area contributed by atoms with Crippen LogP contribution in [0.5, 0.6) is 0 Å². The van der Waals surface area contributed by atoms with Crippen molar-refractivity contribution in [1.29, 1.82) is 0 Å². The van der Waals surface area contributed by atoms with Crippen LogP contribution < -0.4 is 25.3 Å². The third-order valence-electron chi connectivity index (χ3n) is 11.8. The van der Waals surface area contributed by atoms with Gasteiger partial charge in [0.15, 0.2) is 17.3 Å². The topological polar surface area (TPSA) is 182 Å². The van der Waals surface area contributed by atoms with Gasteiger partial charge in [-0.05, 0) is 63.1 Å². The molecule has 1 aromatic carbocycles. The number of benzene rings is 1. The number of carbonyl (C=O) groups excluding carboxylic acids is 3. The van der Waals surface area contributed by atoms with E-state index in [9.17, 15) is 27.6 Å². The highest BCUT2D eigenvalue weighted by atomic mass is 19.4. The fourth-order valence-electron chi connectivity index (χ4n) is 8.03. The third kappa shape index (κ3) is 7.61. The van der Waals surface area contributed by atoms with Crippen LogP contribution in [-0.2, 0) is 16.8 Å². The van der Waals surface area contributed by atoms with Gasteiger partial charge in [-0.25, -0.2) is 24.1 Å². The van der Waals surface area contributed by atoms with Gasteiger partial charge in [0.25, 0.3) is 5.91 Å². The highest BCUT2D eigenvalue weighted by molar-refractivity contribution is 6.05. The normalized spacial score (nSPS) is 19.5. The molecule has 1 saturated carbocycles. The summed E-state index contributed by atoms with van der Waals surface area (Å²) in [6.45, 7) is 7.03. The maximum atomic E-state index is 15.1. The highest BCUT2D eigenvalue weighted by Crippen LogP contribution is 2.51. The second-order valence-corrected chi connectivity index (χ2v) is 15.7. The van der Waals surface area contributed by atoms with E-state index in [2.05, 4.69) is 55.6 Å². The van der Waals surface area contributed by atoms with Crippen LogP contribution in [0, 0.1) is 11.2 Å². The molecule has 3 saturated heterocycles. The average molecular weight is 795 g/mol. The predicted octanol–water partition coefficient (Wildman–Crippen LogP) is 4.18. The van der Waals surface area contributed by atoms with Crippen molar-refractivity contribution in [3.8, 4) is 11.5 Å². The second-order valence-electron chi connectivity index (χ2n) is 15.7. The van der Waals surface area contributed by atoms with Crippen LogP contribution in [0.1, 0.15) is 68.2 Å². The van der Waals surface area contributed by atoms with Crippen LogP contribution >= 0.6 is 0 Å². The largest absolute Gasteiger partial charge is 0.401 e. The Balaban J connectivity index is 0.774. The molecule has 3 aliphatic heterocycles. The fraction of sp³-hybridized carbons (Fsp3) is 0.514. The molecule has 302 valence electrons. The average Bonchev–Trinajstić information content (AvgIpc) is 3.88. The number of aromatic nitrogens is 6. The van der Waals surface area contributed by atoms with Gasteiger partial charge >= 0.3 is 12.2 Å². The molecule has 16 nitrogen and oxygen atoms in total. The van der Waals surface area contributed by atoms with Gasteiger partial charge in [-0.15, -0.1) is 0 Å². The summed E-state index contributed by atoms with van der Waals surface area (Å²) in [5, 5.41) is 14.8. The highest BCUT2D eigenvalue weighted by Gasteiger charge is 2.51. The van der Waals surface area contributed by atoms with Crippen molar-refractivity contribution in [1.82, 2.24) is 45.8 Å². The molecule has 1 aliphatic carbocycles. The summed E-state index contributed by atoms with van der Waals surface area (Å²) in [6.07, 6.45) is 3.49. The van der Waals surface area contributed by atoms with Gasteiger partial charge in [0.05, 0.1) is 30.3 Å². The number of nitrogens with one attached hydrogen (secondary N) is 3. The number of amides is 4. The Morgan fingerprint density at radius 2 is 1.67 bits per heavy atom.